The molecule has 32 heavy (non-hydrogen) atoms. The van der Waals surface area contributed by atoms with Crippen LogP contribution in [0.1, 0.15) is 74.0 Å². The van der Waals surface area contributed by atoms with E-state index in [0.29, 0.717) is 18.0 Å². The van der Waals surface area contributed by atoms with Gasteiger partial charge in [-0.2, -0.15) is 0 Å². The molecule has 0 heterocycles. The molecule has 1 spiro atoms. The molecule has 2 aromatic carbocycles. The molecule has 3 aliphatic rings. The number of methoxy groups -OCH3 is 1. The maximum atomic E-state index is 13.6. The first-order valence-electron chi connectivity index (χ1n) is 11.4. The zero-order chi connectivity index (χ0) is 22.5. The van der Waals surface area contributed by atoms with Gasteiger partial charge in [-0.3, -0.25) is 9.52 Å². The Morgan fingerprint density at radius 2 is 1.81 bits per heavy atom. The van der Waals surface area contributed by atoms with Gasteiger partial charge in [0.2, 0.25) is 0 Å². The van der Waals surface area contributed by atoms with Gasteiger partial charge in [0.05, 0.1) is 12.5 Å². The second-order valence-corrected chi connectivity index (χ2v) is 11.0. The first kappa shape index (κ1) is 21.4. The maximum absolute atomic E-state index is 13.6. The zero-order valence-corrected chi connectivity index (χ0v) is 19.1. The molecular formula is C25H28FNO4S. The molecule has 2 saturated carbocycles. The number of halogens is 1. The predicted octanol–water partition coefficient (Wildman–Crippen LogP) is 5.23. The van der Waals surface area contributed by atoms with Crippen LogP contribution in [-0.2, 0) is 26.7 Å². The quantitative estimate of drug-likeness (QED) is 0.667. The molecule has 2 aromatic rings. The average Bonchev–Trinajstić information content (AvgIpc) is 3.05. The number of benzene rings is 2. The molecule has 7 heteroatoms. The minimum absolute atomic E-state index is 0.0446. The lowest BCUT2D eigenvalue weighted by molar-refractivity contribution is -0.125. The molecule has 0 aliphatic heterocycles. The summed E-state index contributed by atoms with van der Waals surface area (Å²) in [6.07, 6.45) is 8.81. The summed E-state index contributed by atoms with van der Waals surface area (Å²) in [5, 5.41) is 0. The van der Waals surface area contributed by atoms with Crippen molar-refractivity contribution >= 4 is 21.5 Å². The van der Waals surface area contributed by atoms with Gasteiger partial charge in [-0.25, -0.2) is 12.8 Å². The Bertz CT molecular complexity index is 1180. The van der Waals surface area contributed by atoms with Crippen molar-refractivity contribution in [2.75, 3.05) is 11.8 Å². The highest BCUT2D eigenvalue weighted by molar-refractivity contribution is 7.92. The fourth-order valence-corrected chi connectivity index (χ4v) is 6.98. The molecule has 0 saturated heterocycles. The van der Waals surface area contributed by atoms with Crippen LogP contribution in [0.25, 0.3) is 0 Å². The van der Waals surface area contributed by atoms with Gasteiger partial charge >= 0.3 is 0 Å². The molecule has 0 unspecified atom stereocenters. The van der Waals surface area contributed by atoms with Crippen LogP contribution in [0.2, 0.25) is 0 Å². The third-order valence-electron chi connectivity index (χ3n) is 7.59. The topological polar surface area (TPSA) is 72.5 Å². The highest BCUT2D eigenvalue weighted by atomic mass is 32.2. The van der Waals surface area contributed by atoms with Gasteiger partial charge < -0.3 is 4.74 Å². The van der Waals surface area contributed by atoms with E-state index in [-0.39, 0.29) is 16.4 Å². The van der Waals surface area contributed by atoms with Crippen molar-refractivity contribution in [3.05, 3.63) is 52.8 Å². The van der Waals surface area contributed by atoms with Gasteiger partial charge in [-0.1, -0.05) is 25.7 Å². The summed E-state index contributed by atoms with van der Waals surface area (Å²) >= 11 is 0. The number of sulfonamides is 1. The minimum Gasteiger partial charge on any atom is -0.495 e. The molecule has 2 fully saturated rings. The highest BCUT2D eigenvalue weighted by Gasteiger charge is 2.51. The first-order chi connectivity index (χ1) is 15.3. The predicted molar refractivity (Wildman–Crippen MR) is 120 cm³/mol. The van der Waals surface area contributed by atoms with E-state index in [4.69, 9.17) is 4.74 Å². The van der Waals surface area contributed by atoms with E-state index < -0.39 is 21.3 Å². The van der Waals surface area contributed by atoms with Crippen molar-refractivity contribution in [2.45, 2.75) is 74.0 Å². The fourth-order valence-electron chi connectivity index (χ4n) is 5.79. The molecule has 0 atom stereocenters. The van der Waals surface area contributed by atoms with E-state index in [0.717, 1.165) is 73.8 Å². The lowest BCUT2D eigenvalue weighted by atomic mass is 9.64. The van der Waals surface area contributed by atoms with E-state index in [9.17, 15) is 17.6 Å². The second-order valence-electron chi connectivity index (χ2n) is 9.36. The van der Waals surface area contributed by atoms with Crippen molar-refractivity contribution in [1.29, 1.82) is 0 Å². The van der Waals surface area contributed by atoms with Gasteiger partial charge in [0.25, 0.3) is 10.0 Å². The molecule has 5 nitrogen and oxygen atoms in total. The van der Waals surface area contributed by atoms with Crippen LogP contribution in [0.3, 0.4) is 0 Å². The Hall–Kier alpha value is -2.41. The molecule has 0 aromatic heterocycles. The third kappa shape index (κ3) is 3.41. The Morgan fingerprint density at radius 3 is 2.47 bits per heavy atom. The van der Waals surface area contributed by atoms with Gasteiger partial charge in [-0.15, -0.1) is 0 Å². The van der Waals surface area contributed by atoms with Crippen LogP contribution in [-0.4, -0.2) is 21.3 Å². The maximum Gasteiger partial charge on any atom is 0.265 e. The van der Waals surface area contributed by atoms with Crippen molar-refractivity contribution < 1.29 is 22.3 Å². The van der Waals surface area contributed by atoms with Crippen LogP contribution >= 0.6 is 0 Å². The zero-order valence-electron chi connectivity index (χ0n) is 18.2. The summed E-state index contributed by atoms with van der Waals surface area (Å²) in [5.74, 6) is 0.0153. The molecule has 0 radical (unpaired) electrons. The van der Waals surface area contributed by atoms with E-state index in [1.807, 2.05) is 12.1 Å². The Balaban J connectivity index is 1.58. The summed E-state index contributed by atoms with van der Waals surface area (Å²) < 4.78 is 47.8. The summed E-state index contributed by atoms with van der Waals surface area (Å²) in [6.45, 7) is 0. The van der Waals surface area contributed by atoms with Crippen molar-refractivity contribution in [3.63, 3.8) is 0 Å². The smallest absolute Gasteiger partial charge is 0.265 e. The molecule has 5 rings (SSSR count). The average molecular weight is 458 g/mol. The molecule has 0 amide bonds. The normalized spacial score (nSPS) is 20.1. The third-order valence-corrected chi connectivity index (χ3v) is 9.01. The van der Waals surface area contributed by atoms with Gasteiger partial charge in [0.15, 0.2) is 0 Å². The number of ketones is 1. The van der Waals surface area contributed by atoms with Crippen molar-refractivity contribution in [3.8, 4) is 5.75 Å². The monoisotopic (exact) mass is 457 g/mol. The minimum atomic E-state index is -4.00. The number of fused-ring (bicyclic) bond motifs is 2. The summed E-state index contributed by atoms with van der Waals surface area (Å²) in [5.41, 5.74) is 3.30. The summed E-state index contributed by atoms with van der Waals surface area (Å²) in [7, 11) is -2.69. The van der Waals surface area contributed by atoms with Crippen LogP contribution in [0.15, 0.2) is 35.2 Å². The number of anilines is 1. The van der Waals surface area contributed by atoms with Crippen LogP contribution in [0.4, 0.5) is 10.1 Å². The second kappa shape index (κ2) is 7.87. The number of ether oxygens (including phenoxy) is 1. The fraction of sp³-hybridized carbons (Fsp3) is 0.480. The van der Waals surface area contributed by atoms with Crippen LogP contribution in [0.5, 0.6) is 5.75 Å². The molecule has 0 bridgehead atoms. The van der Waals surface area contributed by atoms with E-state index in [1.165, 1.54) is 19.6 Å². The molecule has 170 valence electrons. The largest absolute Gasteiger partial charge is 0.495 e. The lowest BCUT2D eigenvalue weighted by Crippen LogP contribution is -2.39. The first-order valence-corrected chi connectivity index (χ1v) is 12.9. The number of hydrogen-bond acceptors (Lipinski definition) is 4. The number of rotatable bonds is 5. The summed E-state index contributed by atoms with van der Waals surface area (Å²) in [4.78, 5) is 12.9. The number of carbonyl (C=O) groups is 1. The SMILES string of the molecule is COc1cc(F)ccc1S(=O)(=O)Nc1cc(C2CCCCC2)c2c(c1)C1(CCC1)C(=O)C2. The van der Waals surface area contributed by atoms with E-state index in [2.05, 4.69) is 4.72 Å². The van der Waals surface area contributed by atoms with Crippen molar-refractivity contribution in [2.24, 2.45) is 0 Å². The standard InChI is InChI=1S/C25H28FNO4S/c1-31-22-12-17(26)8-9-23(22)32(29,30)27-18-13-19(16-6-3-2-4-7-16)20-15-24(28)25(10-5-11-25)21(20)14-18/h8-9,12-14,16,27H,2-7,10-11,15H2,1H3. The summed E-state index contributed by atoms with van der Waals surface area (Å²) in [6, 6.07) is 7.16. The van der Waals surface area contributed by atoms with Gasteiger partial charge in [0.1, 0.15) is 22.2 Å². The van der Waals surface area contributed by atoms with Crippen LogP contribution < -0.4 is 9.46 Å². The number of carbonyl (C=O) groups excluding carboxylic acids is 1. The molecule has 1 N–H and O–H groups in total. The van der Waals surface area contributed by atoms with Crippen molar-refractivity contribution in [1.82, 2.24) is 0 Å². The van der Waals surface area contributed by atoms with Gasteiger partial charge in [-0.05, 0) is 72.6 Å². The number of nitrogens with one attached hydrogen (secondary N) is 1. The Kier molecular flexibility index (Phi) is 5.27. The number of Topliss-reactive ketones (excluding diaryl/α,β-unsaturated/α-hetero) is 1. The molecule has 3 aliphatic carbocycles. The van der Waals surface area contributed by atoms with Crippen LogP contribution in [0, 0.1) is 5.82 Å². The molecular weight excluding hydrogens is 429 g/mol. The van der Waals surface area contributed by atoms with E-state index in [1.54, 1.807) is 0 Å². The Morgan fingerprint density at radius 1 is 1.06 bits per heavy atom. The highest BCUT2D eigenvalue weighted by Crippen LogP contribution is 2.53. The van der Waals surface area contributed by atoms with Gasteiger partial charge in [0, 0.05) is 18.2 Å². The number of hydrogen-bond donors (Lipinski definition) is 1. The lowest BCUT2D eigenvalue weighted by Gasteiger charge is -2.38. The Labute approximate surface area is 188 Å². The van der Waals surface area contributed by atoms with E-state index >= 15 is 0 Å².